The highest BCUT2D eigenvalue weighted by Crippen LogP contribution is 2.25. The van der Waals surface area contributed by atoms with Gasteiger partial charge in [-0.3, -0.25) is 14.9 Å². The van der Waals surface area contributed by atoms with Crippen molar-refractivity contribution in [2.24, 2.45) is 0 Å². The number of nitro groups is 1. The molecule has 1 atom stereocenters. The summed E-state index contributed by atoms with van der Waals surface area (Å²) in [7, 11) is 0. The number of halogens is 1. The van der Waals surface area contributed by atoms with Crippen LogP contribution in [0.2, 0.25) is 5.02 Å². The lowest BCUT2D eigenvalue weighted by atomic mass is 10.1. The zero-order valence-electron chi connectivity index (χ0n) is 10.4. The minimum atomic E-state index is -0.926. The minimum absolute atomic E-state index is 0.0668. The molecule has 2 N–H and O–H groups in total. The van der Waals surface area contributed by atoms with E-state index < -0.39 is 16.9 Å². The highest BCUT2D eigenvalue weighted by molar-refractivity contribution is 6.32. The van der Waals surface area contributed by atoms with Gasteiger partial charge in [0.15, 0.2) is 0 Å². The highest BCUT2D eigenvalue weighted by atomic mass is 35.5. The topological polar surface area (TPSA) is 92.5 Å². The van der Waals surface area contributed by atoms with Crippen molar-refractivity contribution in [3.63, 3.8) is 0 Å². The monoisotopic (exact) mass is 286 g/mol. The number of hydrogen-bond acceptors (Lipinski definition) is 4. The SMILES string of the molecule is CCCC(NCc1ccc(Cl)c([N+](=O)[O-])c1)C(=O)O. The first-order valence-electron chi connectivity index (χ1n) is 5.84. The summed E-state index contributed by atoms with van der Waals surface area (Å²) in [5, 5.41) is 22.6. The van der Waals surface area contributed by atoms with Gasteiger partial charge in [0.2, 0.25) is 0 Å². The second-order valence-corrected chi connectivity index (χ2v) is 4.51. The summed E-state index contributed by atoms with van der Waals surface area (Å²) in [5.74, 6) is -0.926. The Morgan fingerprint density at radius 3 is 2.79 bits per heavy atom. The van der Waals surface area contributed by atoms with Crippen molar-refractivity contribution >= 4 is 23.3 Å². The third kappa shape index (κ3) is 4.50. The smallest absolute Gasteiger partial charge is 0.320 e. The number of carboxylic acid groups (broad SMARTS) is 1. The molecule has 6 nitrogen and oxygen atoms in total. The van der Waals surface area contributed by atoms with Gasteiger partial charge < -0.3 is 10.4 Å². The number of benzene rings is 1. The predicted octanol–water partition coefficient (Wildman–Crippen LogP) is 2.59. The molecular weight excluding hydrogens is 272 g/mol. The third-order valence-electron chi connectivity index (χ3n) is 2.64. The van der Waals surface area contributed by atoms with Crippen LogP contribution in [-0.4, -0.2) is 22.0 Å². The molecule has 19 heavy (non-hydrogen) atoms. The van der Waals surface area contributed by atoms with E-state index in [1.165, 1.54) is 12.1 Å². The molecule has 0 amide bonds. The van der Waals surface area contributed by atoms with E-state index in [2.05, 4.69) is 5.32 Å². The van der Waals surface area contributed by atoms with Crippen LogP contribution in [0.1, 0.15) is 25.3 Å². The Morgan fingerprint density at radius 1 is 1.58 bits per heavy atom. The average molecular weight is 287 g/mol. The summed E-state index contributed by atoms with van der Waals surface area (Å²) >= 11 is 5.70. The molecule has 1 aromatic rings. The fourth-order valence-corrected chi connectivity index (χ4v) is 1.84. The number of nitrogens with one attached hydrogen (secondary N) is 1. The van der Waals surface area contributed by atoms with Crippen molar-refractivity contribution in [1.29, 1.82) is 0 Å². The fourth-order valence-electron chi connectivity index (χ4n) is 1.65. The van der Waals surface area contributed by atoms with E-state index in [0.717, 1.165) is 6.42 Å². The van der Waals surface area contributed by atoms with Crippen LogP contribution in [0.4, 0.5) is 5.69 Å². The molecule has 0 aliphatic heterocycles. The molecule has 0 fully saturated rings. The van der Waals surface area contributed by atoms with Gasteiger partial charge >= 0.3 is 5.97 Å². The lowest BCUT2D eigenvalue weighted by molar-refractivity contribution is -0.384. The molecule has 7 heteroatoms. The van der Waals surface area contributed by atoms with Gasteiger partial charge in [-0.15, -0.1) is 0 Å². The van der Waals surface area contributed by atoms with Crippen LogP contribution in [0.5, 0.6) is 0 Å². The zero-order valence-corrected chi connectivity index (χ0v) is 11.2. The van der Waals surface area contributed by atoms with Gasteiger partial charge in [0, 0.05) is 12.6 Å². The van der Waals surface area contributed by atoms with E-state index in [-0.39, 0.29) is 17.3 Å². The molecule has 0 heterocycles. The third-order valence-corrected chi connectivity index (χ3v) is 2.95. The largest absolute Gasteiger partial charge is 0.480 e. The Balaban J connectivity index is 2.74. The molecular formula is C12H15ClN2O4. The maximum atomic E-state index is 10.9. The van der Waals surface area contributed by atoms with Crippen molar-refractivity contribution in [2.75, 3.05) is 0 Å². The van der Waals surface area contributed by atoms with E-state index in [0.29, 0.717) is 12.0 Å². The van der Waals surface area contributed by atoms with Gasteiger partial charge in [-0.2, -0.15) is 0 Å². The average Bonchev–Trinajstić information content (AvgIpc) is 2.35. The minimum Gasteiger partial charge on any atom is -0.480 e. The summed E-state index contributed by atoms with van der Waals surface area (Å²) in [4.78, 5) is 21.1. The second-order valence-electron chi connectivity index (χ2n) is 4.10. The molecule has 0 aromatic heterocycles. The van der Waals surface area contributed by atoms with Crippen LogP contribution < -0.4 is 5.32 Å². The summed E-state index contributed by atoms with van der Waals surface area (Å²) in [6.07, 6.45) is 1.25. The summed E-state index contributed by atoms with van der Waals surface area (Å²) in [5.41, 5.74) is 0.446. The molecule has 104 valence electrons. The first kappa shape index (κ1) is 15.4. The Bertz CT molecular complexity index is 479. The number of nitrogens with zero attached hydrogens (tertiary/aromatic N) is 1. The Labute approximate surface area is 115 Å². The number of rotatable bonds is 7. The number of carbonyl (C=O) groups is 1. The van der Waals surface area contributed by atoms with Crippen molar-refractivity contribution in [3.05, 3.63) is 38.9 Å². The van der Waals surface area contributed by atoms with Crippen molar-refractivity contribution in [1.82, 2.24) is 5.32 Å². The van der Waals surface area contributed by atoms with Crippen LogP contribution in [0.3, 0.4) is 0 Å². The van der Waals surface area contributed by atoms with Gasteiger partial charge in [0.1, 0.15) is 11.1 Å². The first-order valence-corrected chi connectivity index (χ1v) is 6.22. The Kier molecular flexibility index (Phi) is 5.72. The predicted molar refractivity (Wildman–Crippen MR) is 71.3 cm³/mol. The normalized spacial score (nSPS) is 12.1. The second kappa shape index (κ2) is 7.06. The molecule has 0 spiro atoms. The fraction of sp³-hybridized carbons (Fsp3) is 0.417. The molecule has 0 radical (unpaired) electrons. The molecule has 1 rings (SSSR count). The summed E-state index contributed by atoms with van der Waals surface area (Å²) in [6.45, 7) is 2.14. The number of carboxylic acids is 1. The van der Waals surface area contributed by atoms with E-state index >= 15 is 0 Å². The lowest BCUT2D eigenvalue weighted by Crippen LogP contribution is -2.35. The van der Waals surface area contributed by atoms with E-state index in [1.54, 1.807) is 6.07 Å². The summed E-state index contributed by atoms with van der Waals surface area (Å²) < 4.78 is 0. The number of aliphatic carboxylic acids is 1. The van der Waals surface area contributed by atoms with Crippen molar-refractivity contribution < 1.29 is 14.8 Å². The van der Waals surface area contributed by atoms with E-state index in [9.17, 15) is 14.9 Å². The van der Waals surface area contributed by atoms with Crippen LogP contribution in [0, 0.1) is 10.1 Å². The van der Waals surface area contributed by atoms with Crippen molar-refractivity contribution in [2.45, 2.75) is 32.4 Å². The van der Waals surface area contributed by atoms with Gasteiger partial charge in [-0.1, -0.05) is 31.0 Å². The van der Waals surface area contributed by atoms with Crippen molar-refractivity contribution in [3.8, 4) is 0 Å². The lowest BCUT2D eigenvalue weighted by Gasteiger charge is -2.13. The van der Waals surface area contributed by atoms with Crippen LogP contribution in [0.25, 0.3) is 0 Å². The number of nitro benzene ring substituents is 1. The van der Waals surface area contributed by atoms with Gasteiger partial charge in [0.25, 0.3) is 5.69 Å². The Morgan fingerprint density at radius 2 is 2.26 bits per heavy atom. The molecule has 0 saturated heterocycles. The number of hydrogen-bond donors (Lipinski definition) is 2. The van der Waals surface area contributed by atoms with Gasteiger partial charge in [-0.05, 0) is 18.1 Å². The van der Waals surface area contributed by atoms with Crippen LogP contribution in [0.15, 0.2) is 18.2 Å². The van der Waals surface area contributed by atoms with Crippen LogP contribution in [-0.2, 0) is 11.3 Å². The quantitative estimate of drug-likeness (QED) is 0.593. The molecule has 1 unspecified atom stereocenters. The standard InChI is InChI=1S/C12H15ClN2O4/c1-2-3-10(12(16)17)14-7-8-4-5-9(13)11(6-8)15(18)19/h4-6,10,14H,2-3,7H2,1H3,(H,16,17). The van der Waals surface area contributed by atoms with Crippen LogP contribution >= 0.6 is 11.6 Å². The van der Waals surface area contributed by atoms with Gasteiger partial charge in [0.05, 0.1) is 4.92 Å². The zero-order chi connectivity index (χ0) is 14.4. The molecule has 0 bridgehead atoms. The van der Waals surface area contributed by atoms with Gasteiger partial charge in [-0.25, -0.2) is 0 Å². The maximum absolute atomic E-state index is 10.9. The van der Waals surface area contributed by atoms with E-state index in [1.807, 2.05) is 6.92 Å². The molecule has 0 saturated carbocycles. The Hall–Kier alpha value is -1.66. The highest BCUT2D eigenvalue weighted by Gasteiger charge is 2.17. The molecule has 0 aliphatic carbocycles. The van der Waals surface area contributed by atoms with E-state index in [4.69, 9.17) is 16.7 Å². The maximum Gasteiger partial charge on any atom is 0.320 e. The summed E-state index contributed by atoms with van der Waals surface area (Å²) in [6, 6.07) is 3.76. The first-order chi connectivity index (χ1) is 8.95. The molecule has 1 aromatic carbocycles. The molecule has 0 aliphatic rings.